The highest BCUT2D eigenvalue weighted by Crippen LogP contribution is 2.16. The van der Waals surface area contributed by atoms with Crippen molar-refractivity contribution in [3.05, 3.63) is 60.4 Å². The first-order valence-corrected chi connectivity index (χ1v) is 6.80. The molecular formula is C16H18N4O. The smallest absolute Gasteiger partial charge is 0.258 e. The van der Waals surface area contributed by atoms with E-state index in [2.05, 4.69) is 27.2 Å². The summed E-state index contributed by atoms with van der Waals surface area (Å²) in [6.45, 7) is 6.23. The van der Waals surface area contributed by atoms with Crippen LogP contribution in [0.15, 0.2) is 49.3 Å². The Bertz CT molecular complexity index is 622. The number of rotatable bonds is 6. The van der Waals surface area contributed by atoms with Crippen molar-refractivity contribution in [1.82, 2.24) is 9.97 Å². The molecule has 1 aromatic heterocycles. The summed E-state index contributed by atoms with van der Waals surface area (Å²) in [7, 11) is 0. The number of benzene rings is 1. The third-order valence-electron chi connectivity index (χ3n) is 2.97. The summed E-state index contributed by atoms with van der Waals surface area (Å²) in [6.07, 6.45) is 5.58. The second-order valence-corrected chi connectivity index (χ2v) is 4.43. The molecule has 0 radical (unpaired) electrons. The average molecular weight is 282 g/mol. The molecule has 108 valence electrons. The van der Waals surface area contributed by atoms with E-state index in [9.17, 15) is 4.79 Å². The molecule has 1 amide bonds. The van der Waals surface area contributed by atoms with Crippen molar-refractivity contribution in [2.24, 2.45) is 0 Å². The number of hydrogen-bond acceptors (Lipinski definition) is 4. The minimum Gasteiger partial charge on any atom is -0.351 e. The van der Waals surface area contributed by atoms with Gasteiger partial charge in [-0.05, 0) is 18.1 Å². The van der Waals surface area contributed by atoms with Gasteiger partial charge in [-0.15, -0.1) is 6.58 Å². The first-order valence-electron chi connectivity index (χ1n) is 6.80. The number of carbonyl (C=O) groups is 1. The zero-order valence-corrected chi connectivity index (χ0v) is 12.0. The molecule has 0 unspecified atom stereocenters. The van der Waals surface area contributed by atoms with Crippen molar-refractivity contribution in [3.8, 4) is 0 Å². The molecule has 0 aliphatic carbocycles. The topological polar surface area (TPSA) is 66.9 Å². The van der Waals surface area contributed by atoms with Gasteiger partial charge in [-0.25, -0.2) is 9.97 Å². The molecule has 21 heavy (non-hydrogen) atoms. The van der Waals surface area contributed by atoms with Crippen LogP contribution in [-0.2, 0) is 6.42 Å². The minimum atomic E-state index is -0.217. The lowest BCUT2D eigenvalue weighted by molar-refractivity contribution is 0.102. The van der Waals surface area contributed by atoms with Crippen LogP contribution in [0.2, 0.25) is 0 Å². The van der Waals surface area contributed by atoms with Crippen LogP contribution >= 0.6 is 0 Å². The van der Waals surface area contributed by atoms with Gasteiger partial charge >= 0.3 is 0 Å². The van der Waals surface area contributed by atoms with Crippen molar-refractivity contribution < 1.29 is 4.79 Å². The zero-order valence-electron chi connectivity index (χ0n) is 12.0. The van der Waals surface area contributed by atoms with Gasteiger partial charge in [-0.2, -0.15) is 0 Å². The highest BCUT2D eigenvalue weighted by molar-refractivity contribution is 6.04. The number of amides is 1. The molecule has 0 atom stereocenters. The van der Waals surface area contributed by atoms with Crippen molar-refractivity contribution in [2.75, 3.05) is 17.2 Å². The van der Waals surface area contributed by atoms with Gasteiger partial charge in [0, 0.05) is 24.6 Å². The highest BCUT2D eigenvalue weighted by atomic mass is 16.1. The van der Waals surface area contributed by atoms with Gasteiger partial charge in [0.15, 0.2) is 0 Å². The van der Waals surface area contributed by atoms with E-state index in [1.54, 1.807) is 6.08 Å². The molecule has 5 heteroatoms. The lowest BCUT2D eigenvalue weighted by atomic mass is 10.1. The van der Waals surface area contributed by atoms with E-state index >= 15 is 0 Å². The maximum Gasteiger partial charge on any atom is 0.258 e. The van der Waals surface area contributed by atoms with Gasteiger partial charge < -0.3 is 10.6 Å². The molecule has 1 aromatic carbocycles. The fraction of sp³-hybridized carbons (Fsp3) is 0.188. The van der Waals surface area contributed by atoms with E-state index in [-0.39, 0.29) is 5.91 Å². The van der Waals surface area contributed by atoms with Crippen LogP contribution in [0, 0.1) is 0 Å². The summed E-state index contributed by atoms with van der Waals surface area (Å²) >= 11 is 0. The highest BCUT2D eigenvalue weighted by Gasteiger charge is 2.09. The molecule has 0 spiro atoms. The molecule has 2 aromatic rings. The zero-order chi connectivity index (χ0) is 15.1. The van der Waals surface area contributed by atoms with Crippen LogP contribution in [0.1, 0.15) is 22.8 Å². The number of aromatic nitrogens is 2. The lowest BCUT2D eigenvalue weighted by Crippen LogP contribution is -2.14. The normalized spacial score (nSPS) is 9.95. The van der Waals surface area contributed by atoms with E-state index in [0.717, 1.165) is 17.7 Å². The molecule has 0 saturated heterocycles. The van der Waals surface area contributed by atoms with Gasteiger partial charge in [0.25, 0.3) is 5.91 Å². The van der Waals surface area contributed by atoms with Crippen molar-refractivity contribution >= 4 is 17.5 Å². The van der Waals surface area contributed by atoms with Crippen LogP contribution < -0.4 is 10.6 Å². The van der Waals surface area contributed by atoms with Crippen LogP contribution in [-0.4, -0.2) is 22.4 Å². The molecular weight excluding hydrogens is 264 g/mol. The summed E-state index contributed by atoms with van der Waals surface area (Å²) in [4.78, 5) is 20.4. The van der Waals surface area contributed by atoms with E-state index in [4.69, 9.17) is 0 Å². The van der Waals surface area contributed by atoms with Crippen LogP contribution in [0.5, 0.6) is 0 Å². The summed E-state index contributed by atoms with van der Waals surface area (Å²) in [5, 5.41) is 5.84. The van der Waals surface area contributed by atoms with Gasteiger partial charge in [-0.3, -0.25) is 4.79 Å². The fourth-order valence-corrected chi connectivity index (χ4v) is 1.85. The van der Waals surface area contributed by atoms with Crippen LogP contribution in [0.25, 0.3) is 0 Å². The lowest BCUT2D eigenvalue weighted by Gasteiger charge is -2.09. The van der Waals surface area contributed by atoms with E-state index in [1.165, 1.54) is 12.4 Å². The standard InChI is InChI=1S/C16H18N4O/c1-3-9-17-16-18-10-13(11-19-16)15(21)20-14-8-6-5-7-12(14)4-2/h3,5-8,10-11H,1,4,9H2,2H3,(H,20,21)(H,17,18,19). The Hall–Kier alpha value is -2.69. The van der Waals surface area contributed by atoms with E-state index in [1.807, 2.05) is 31.2 Å². The number of carbonyl (C=O) groups excluding carboxylic acids is 1. The van der Waals surface area contributed by atoms with Gasteiger partial charge in [0.2, 0.25) is 5.95 Å². The molecule has 0 aliphatic heterocycles. The Balaban J connectivity index is 2.07. The summed E-state index contributed by atoms with van der Waals surface area (Å²) < 4.78 is 0. The number of nitrogens with zero attached hydrogens (tertiary/aromatic N) is 2. The summed E-state index contributed by atoms with van der Waals surface area (Å²) in [6, 6.07) is 7.73. The number of nitrogens with one attached hydrogen (secondary N) is 2. The molecule has 0 saturated carbocycles. The van der Waals surface area contributed by atoms with Gasteiger partial charge in [0.05, 0.1) is 5.56 Å². The van der Waals surface area contributed by atoms with Crippen molar-refractivity contribution in [1.29, 1.82) is 0 Å². The maximum atomic E-state index is 12.2. The maximum absolute atomic E-state index is 12.2. The molecule has 5 nitrogen and oxygen atoms in total. The fourth-order valence-electron chi connectivity index (χ4n) is 1.85. The summed E-state index contributed by atoms with van der Waals surface area (Å²) in [5.41, 5.74) is 2.33. The Morgan fingerprint density at radius 1 is 1.29 bits per heavy atom. The molecule has 0 aliphatic rings. The quantitative estimate of drug-likeness (QED) is 0.799. The van der Waals surface area contributed by atoms with E-state index < -0.39 is 0 Å². The third-order valence-corrected chi connectivity index (χ3v) is 2.97. The Morgan fingerprint density at radius 2 is 2.00 bits per heavy atom. The number of para-hydroxylation sites is 1. The molecule has 1 heterocycles. The Labute approximate surface area is 124 Å². The van der Waals surface area contributed by atoms with Crippen LogP contribution in [0.3, 0.4) is 0 Å². The van der Waals surface area contributed by atoms with Crippen molar-refractivity contribution in [2.45, 2.75) is 13.3 Å². The average Bonchev–Trinajstić information content (AvgIpc) is 2.54. The second kappa shape index (κ2) is 7.19. The first kappa shape index (κ1) is 14.7. The van der Waals surface area contributed by atoms with Gasteiger partial charge in [-0.1, -0.05) is 31.2 Å². The molecule has 0 fully saturated rings. The largest absolute Gasteiger partial charge is 0.351 e. The minimum absolute atomic E-state index is 0.217. The predicted molar refractivity (Wildman–Crippen MR) is 84.5 cm³/mol. The Morgan fingerprint density at radius 3 is 2.67 bits per heavy atom. The Kier molecular flexibility index (Phi) is 5.04. The predicted octanol–water partition coefficient (Wildman–Crippen LogP) is 2.89. The monoisotopic (exact) mass is 282 g/mol. The summed E-state index contributed by atoms with van der Waals surface area (Å²) in [5.74, 6) is 0.256. The van der Waals surface area contributed by atoms with E-state index in [0.29, 0.717) is 18.1 Å². The van der Waals surface area contributed by atoms with Crippen LogP contribution in [0.4, 0.5) is 11.6 Å². The number of hydrogen-bond donors (Lipinski definition) is 2. The molecule has 0 bridgehead atoms. The number of aryl methyl sites for hydroxylation is 1. The number of anilines is 2. The second-order valence-electron chi connectivity index (χ2n) is 4.43. The van der Waals surface area contributed by atoms with Gasteiger partial charge in [0.1, 0.15) is 0 Å². The SMILES string of the molecule is C=CCNc1ncc(C(=O)Nc2ccccc2CC)cn1. The molecule has 2 rings (SSSR count). The van der Waals surface area contributed by atoms with Crippen molar-refractivity contribution in [3.63, 3.8) is 0 Å². The third kappa shape index (κ3) is 3.89. The first-order chi connectivity index (χ1) is 10.2. The molecule has 2 N–H and O–H groups in total.